The molecular weight excluding hydrogens is 250 g/mol. The van der Waals surface area contributed by atoms with Crippen molar-refractivity contribution < 1.29 is 4.79 Å². The van der Waals surface area contributed by atoms with Crippen molar-refractivity contribution in [2.24, 2.45) is 5.92 Å². The molecule has 2 N–H and O–H groups in total. The molecule has 0 atom stereocenters. The molecule has 2 aromatic rings. The van der Waals surface area contributed by atoms with E-state index in [0.29, 0.717) is 17.3 Å². The highest BCUT2D eigenvalue weighted by molar-refractivity contribution is 6.06. The summed E-state index contributed by atoms with van der Waals surface area (Å²) in [4.78, 5) is 18.9. The first kappa shape index (κ1) is 12.9. The van der Waals surface area contributed by atoms with Crippen molar-refractivity contribution >= 4 is 22.6 Å². The van der Waals surface area contributed by atoms with Crippen molar-refractivity contribution in [2.45, 2.75) is 19.8 Å². The number of anilines is 1. The number of nitrogens with two attached hydrogens (primary N) is 1. The summed E-state index contributed by atoms with van der Waals surface area (Å²) in [6.45, 7) is 3.90. The molecule has 1 aliphatic rings. The standard InChI is InChI=1S/C16H19N3O/c1-11-6-8-19(9-7-11)16(20)13-10-15(17)18-14-5-3-2-4-12(13)14/h2-5,10-11H,6-9H2,1H3,(H2,17,18). The van der Waals surface area contributed by atoms with Crippen molar-refractivity contribution in [3.8, 4) is 0 Å². The summed E-state index contributed by atoms with van der Waals surface area (Å²) < 4.78 is 0. The molecule has 20 heavy (non-hydrogen) atoms. The molecule has 1 aromatic heterocycles. The van der Waals surface area contributed by atoms with Gasteiger partial charge in [0.2, 0.25) is 0 Å². The number of hydrogen-bond acceptors (Lipinski definition) is 3. The van der Waals surface area contributed by atoms with Crippen molar-refractivity contribution in [3.05, 3.63) is 35.9 Å². The molecule has 0 saturated carbocycles. The van der Waals surface area contributed by atoms with E-state index in [0.717, 1.165) is 36.8 Å². The Hall–Kier alpha value is -2.10. The topological polar surface area (TPSA) is 59.2 Å². The maximum atomic E-state index is 12.7. The highest BCUT2D eigenvalue weighted by Gasteiger charge is 2.23. The third-order valence-electron chi connectivity index (χ3n) is 4.04. The lowest BCUT2D eigenvalue weighted by Gasteiger charge is -2.30. The van der Waals surface area contributed by atoms with Crippen LogP contribution in [0.4, 0.5) is 5.82 Å². The molecule has 1 fully saturated rings. The number of carbonyl (C=O) groups excluding carboxylic acids is 1. The first-order chi connectivity index (χ1) is 9.65. The monoisotopic (exact) mass is 269 g/mol. The van der Waals surface area contributed by atoms with E-state index in [1.54, 1.807) is 6.07 Å². The van der Waals surface area contributed by atoms with E-state index in [1.165, 1.54) is 0 Å². The maximum Gasteiger partial charge on any atom is 0.254 e. The number of benzene rings is 1. The van der Waals surface area contributed by atoms with Crippen LogP contribution in [0.5, 0.6) is 0 Å². The van der Waals surface area contributed by atoms with Crippen LogP contribution in [0.2, 0.25) is 0 Å². The third kappa shape index (κ3) is 2.33. The van der Waals surface area contributed by atoms with Gasteiger partial charge < -0.3 is 10.6 Å². The van der Waals surface area contributed by atoms with Gasteiger partial charge in [-0.25, -0.2) is 4.98 Å². The van der Waals surface area contributed by atoms with Crippen LogP contribution in [0.3, 0.4) is 0 Å². The van der Waals surface area contributed by atoms with E-state index >= 15 is 0 Å². The van der Waals surface area contributed by atoms with Crippen molar-refractivity contribution in [2.75, 3.05) is 18.8 Å². The van der Waals surface area contributed by atoms with Crippen molar-refractivity contribution in [3.63, 3.8) is 0 Å². The Labute approximate surface area is 118 Å². The zero-order valence-corrected chi connectivity index (χ0v) is 11.7. The Balaban J connectivity index is 1.99. The average Bonchev–Trinajstić information content (AvgIpc) is 2.46. The zero-order valence-electron chi connectivity index (χ0n) is 11.7. The van der Waals surface area contributed by atoms with E-state index in [-0.39, 0.29) is 5.91 Å². The predicted molar refractivity (Wildman–Crippen MR) is 80.5 cm³/mol. The Morgan fingerprint density at radius 3 is 2.75 bits per heavy atom. The lowest BCUT2D eigenvalue weighted by Crippen LogP contribution is -2.38. The first-order valence-corrected chi connectivity index (χ1v) is 7.09. The quantitative estimate of drug-likeness (QED) is 0.866. The van der Waals surface area contributed by atoms with E-state index in [4.69, 9.17) is 5.73 Å². The van der Waals surface area contributed by atoms with Gasteiger partial charge in [0.25, 0.3) is 5.91 Å². The van der Waals surface area contributed by atoms with Gasteiger partial charge in [-0.3, -0.25) is 4.79 Å². The van der Waals surface area contributed by atoms with Crippen LogP contribution in [0, 0.1) is 5.92 Å². The number of pyridine rings is 1. The minimum Gasteiger partial charge on any atom is -0.384 e. The second kappa shape index (κ2) is 5.12. The first-order valence-electron chi connectivity index (χ1n) is 7.09. The summed E-state index contributed by atoms with van der Waals surface area (Å²) in [6.07, 6.45) is 2.15. The maximum absolute atomic E-state index is 12.7. The largest absolute Gasteiger partial charge is 0.384 e. The number of hydrogen-bond donors (Lipinski definition) is 1. The predicted octanol–water partition coefficient (Wildman–Crippen LogP) is 2.69. The molecule has 0 spiro atoms. The molecule has 2 heterocycles. The SMILES string of the molecule is CC1CCN(C(=O)c2cc(N)nc3ccccc23)CC1. The summed E-state index contributed by atoms with van der Waals surface area (Å²) in [5.74, 6) is 1.18. The minimum atomic E-state index is 0.0715. The van der Waals surface area contributed by atoms with Crippen molar-refractivity contribution in [1.82, 2.24) is 9.88 Å². The highest BCUT2D eigenvalue weighted by atomic mass is 16.2. The summed E-state index contributed by atoms with van der Waals surface area (Å²) in [7, 11) is 0. The normalized spacial score (nSPS) is 16.6. The number of nitrogens with zero attached hydrogens (tertiary/aromatic N) is 2. The molecule has 1 aromatic carbocycles. The van der Waals surface area contributed by atoms with Crippen molar-refractivity contribution in [1.29, 1.82) is 0 Å². The Morgan fingerprint density at radius 2 is 2.00 bits per heavy atom. The molecule has 1 aliphatic heterocycles. The summed E-state index contributed by atoms with van der Waals surface area (Å²) in [6, 6.07) is 9.35. The Kier molecular flexibility index (Phi) is 3.30. The molecule has 4 nitrogen and oxygen atoms in total. The van der Waals surface area contributed by atoms with Gasteiger partial charge in [-0.1, -0.05) is 25.1 Å². The highest BCUT2D eigenvalue weighted by Crippen LogP contribution is 2.23. The summed E-state index contributed by atoms with van der Waals surface area (Å²) in [5.41, 5.74) is 7.28. The molecular formula is C16H19N3O. The van der Waals surface area contributed by atoms with Gasteiger partial charge in [0.1, 0.15) is 5.82 Å². The van der Waals surface area contributed by atoms with Crippen LogP contribution >= 0.6 is 0 Å². The van der Waals surface area contributed by atoms with E-state index in [2.05, 4.69) is 11.9 Å². The summed E-state index contributed by atoms with van der Waals surface area (Å²) in [5, 5.41) is 0.880. The van der Waals surface area contributed by atoms with Gasteiger partial charge in [-0.2, -0.15) is 0 Å². The lowest BCUT2D eigenvalue weighted by atomic mass is 9.98. The molecule has 104 valence electrons. The molecule has 3 rings (SSSR count). The number of para-hydroxylation sites is 1. The van der Waals surface area contributed by atoms with Crippen LogP contribution in [-0.2, 0) is 0 Å². The second-order valence-corrected chi connectivity index (χ2v) is 5.59. The molecule has 1 saturated heterocycles. The molecule has 0 aliphatic carbocycles. The van der Waals surface area contributed by atoms with Gasteiger partial charge in [-0.15, -0.1) is 0 Å². The number of fused-ring (bicyclic) bond motifs is 1. The number of aromatic nitrogens is 1. The zero-order chi connectivity index (χ0) is 14.1. The number of nitrogen functional groups attached to an aromatic ring is 1. The Morgan fingerprint density at radius 1 is 1.30 bits per heavy atom. The van der Waals surface area contributed by atoms with Gasteiger partial charge in [0.15, 0.2) is 0 Å². The number of piperidine rings is 1. The molecule has 0 unspecified atom stereocenters. The van der Waals surface area contributed by atoms with Gasteiger partial charge >= 0.3 is 0 Å². The van der Waals surface area contributed by atoms with E-state index < -0.39 is 0 Å². The van der Waals surface area contributed by atoms with Gasteiger partial charge in [0.05, 0.1) is 11.1 Å². The number of carbonyl (C=O) groups is 1. The average molecular weight is 269 g/mol. The second-order valence-electron chi connectivity index (χ2n) is 5.59. The van der Waals surface area contributed by atoms with Crippen LogP contribution in [-0.4, -0.2) is 28.9 Å². The number of rotatable bonds is 1. The smallest absolute Gasteiger partial charge is 0.254 e. The molecule has 0 bridgehead atoms. The number of amides is 1. The number of likely N-dealkylation sites (tertiary alicyclic amines) is 1. The molecule has 4 heteroatoms. The van der Waals surface area contributed by atoms with Gasteiger partial charge in [0, 0.05) is 18.5 Å². The van der Waals surface area contributed by atoms with Crippen LogP contribution in [0.1, 0.15) is 30.1 Å². The van der Waals surface area contributed by atoms with Gasteiger partial charge in [-0.05, 0) is 30.9 Å². The fraction of sp³-hybridized carbons (Fsp3) is 0.375. The molecule has 0 radical (unpaired) electrons. The van der Waals surface area contributed by atoms with E-state index in [1.807, 2.05) is 29.2 Å². The minimum absolute atomic E-state index is 0.0715. The summed E-state index contributed by atoms with van der Waals surface area (Å²) >= 11 is 0. The molecule has 1 amide bonds. The fourth-order valence-electron chi connectivity index (χ4n) is 2.75. The fourth-order valence-corrected chi connectivity index (χ4v) is 2.75. The van der Waals surface area contributed by atoms with E-state index in [9.17, 15) is 4.79 Å². The van der Waals surface area contributed by atoms with Crippen LogP contribution < -0.4 is 5.73 Å². The Bertz CT molecular complexity index is 645. The van der Waals surface area contributed by atoms with Crippen LogP contribution in [0.15, 0.2) is 30.3 Å². The lowest BCUT2D eigenvalue weighted by molar-refractivity contribution is 0.0699. The van der Waals surface area contributed by atoms with Crippen LogP contribution in [0.25, 0.3) is 10.9 Å². The third-order valence-corrected chi connectivity index (χ3v) is 4.04.